The molecular weight excluding hydrogens is 233 g/mol. The Morgan fingerprint density at radius 1 is 1.28 bits per heavy atom. The highest BCUT2D eigenvalue weighted by molar-refractivity contribution is 5.33. The second-order valence-corrected chi connectivity index (χ2v) is 4.33. The molecule has 0 spiro atoms. The van der Waals surface area contributed by atoms with Gasteiger partial charge in [-0.2, -0.15) is 0 Å². The van der Waals surface area contributed by atoms with E-state index in [1.54, 1.807) is 6.07 Å². The number of halogens is 1. The van der Waals surface area contributed by atoms with Crippen molar-refractivity contribution in [3.63, 3.8) is 0 Å². The second kappa shape index (κ2) is 8.06. The lowest BCUT2D eigenvalue weighted by molar-refractivity contribution is 0.109. The van der Waals surface area contributed by atoms with E-state index in [2.05, 4.69) is 19.2 Å². The predicted octanol–water partition coefficient (Wildman–Crippen LogP) is 2.74. The van der Waals surface area contributed by atoms with Gasteiger partial charge >= 0.3 is 0 Å². The fourth-order valence-corrected chi connectivity index (χ4v) is 1.50. The van der Waals surface area contributed by atoms with Gasteiger partial charge in [-0.15, -0.1) is 0 Å². The van der Waals surface area contributed by atoms with Crippen LogP contribution in [0.15, 0.2) is 18.2 Å². The van der Waals surface area contributed by atoms with Crippen LogP contribution in [0, 0.1) is 5.82 Å². The van der Waals surface area contributed by atoms with E-state index < -0.39 is 0 Å². The predicted molar refractivity (Wildman–Crippen MR) is 70.4 cm³/mol. The average Bonchev–Trinajstić information content (AvgIpc) is 2.34. The van der Waals surface area contributed by atoms with Crippen LogP contribution in [0.4, 0.5) is 4.39 Å². The lowest BCUT2D eigenvalue weighted by Gasteiger charge is -2.14. The summed E-state index contributed by atoms with van der Waals surface area (Å²) in [6.45, 7) is 8.34. The maximum atomic E-state index is 13.2. The largest absolute Gasteiger partial charge is 0.491 e. The summed E-state index contributed by atoms with van der Waals surface area (Å²) in [5.74, 6) is 0.469. The van der Waals surface area contributed by atoms with Crippen LogP contribution in [-0.4, -0.2) is 25.9 Å². The summed E-state index contributed by atoms with van der Waals surface area (Å²) in [6, 6.07) is 4.93. The quantitative estimate of drug-likeness (QED) is 0.725. The molecule has 0 aromatic heterocycles. The Morgan fingerprint density at radius 3 is 2.72 bits per heavy atom. The maximum absolute atomic E-state index is 13.2. The molecule has 18 heavy (non-hydrogen) atoms. The Balaban J connectivity index is 2.58. The van der Waals surface area contributed by atoms with Crippen molar-refractivity contribution in [2.75, 3.05) is 19.8 Å². The molecule has 0 radical (unpaired) electrons. The maximum Gasteiger partial charge on any atom is 0.124 e. The highest BCUT2D eigenvalue weighted by atomic mass is 19.1. The second-order valence-electron chi connectivity index (χ2n) is 4.33. The summed E-state index contributed by atoms with van der Waals surface area (Å²) in [6.07, 6.45) is 0. The molecule has 0 atom stereocenters. The van der Waals surface area contributed by atoms with Crippen LogP contribution in [0.5, 0.6) is 5.75 Å². The van der Waals surface area contributed by atoms with Crippen LogP contribution in [0.2, 0.25) is 0 Å². The van der Waals surface area contributed by atoms with E-state index in [9.17, 15) is 4.39 Å². The van der Waals surface area contributed by atoms with Crippen LogP contribution in [0.25, 0.3) is 0 Å². The minimum atomic E-state index is -0.243. The summed E-state index contributed by atoms with van der Waals surface area (Å²) >= 11 is 0. The highest BCUT2D eigenvalue weighted by Gasteiger charge is 2.06. The number of benzene rings is 1. The lowest BCUT2D eigenvalue weighted by atomic mass is 10.2. The van der Waals surface area contributed by atoms with Crippen molar-refractivity contribution in [1.29, 1.82) is 0 Å². The van der Waals surface area contributed by atoms with Crippen molar-refractivity contribution >= 4 is 0 Å². The smallest absolute Gasteiger partial charge is 0.124 e. The summed E-state index contributed by atoms with van der Waals surface area (Å²) < 4.78 is 24.0. The summed E-state index contributed by atoms with van der Waals surface area (Å²) in [4.78, 5) is 0. The van der Waals surface area contributed by atoms with Gasteiger partial charge in [0.15, 0.2) is 0 Å². The van der Waals surface area contributed by atoms with Gasteiger partial charge < -0.3 is 14.8 Å². The van der Waals surface area contributed by atoms with Crippen molar-refractivity contribution in [2.24, 2.45) is 0 Å². The Morgan fingerprint density at radius 2 is 2.06 bits per heavy atom. The first-order valence-corrected chi connectivity index (χ1v) is 6.35. The zero-order valence-electron chi connectivity index (χ0n) is 11.3. The summed E-state index contributed by atoms with van der Waals surface area (Å²) in [5.41, 5.74) is 0.834. The van der Waals surface area contributed by atoms with Crippen molar-refractivity contribution in [3.8, 4) is 5.75 Å². The molecule has 0 aliphatic rings. The fraction of sp³-hybridized carbons (Fsp3) is 0.571. The molecule has 0 amide bonds. The first-order valence-electron chi connectivity index (χ1n) is 6.35. The topological polar surface area (TPSA) is 30.5 Å². The number of nitrogens with one attached hydrogen (secondary N) is 1. The molecule has 0 saturated carbocycles. The van der Waals surface area contributed by atoms with E-state index in [4.69, 9.17) is 9.47 Å². The Kier molecular flexibility index (Phi) is 6.68. The molecule has 0 saturated heterocycles. The summed E-state index contributed by atoms with van der Waals surface area (Å²) in [5, 5.41) is 3.25. The molecule has 102 valence electrons. The molecule has 1 rings (SSSR count). The molecule has 1 aromatic carbocycles. The van der Waals surface area contributed by atoms with Gasteiger partial charge in [0.1, 0.15) is 18.2 Å². The summed E-state index contributed by atoms with van der Waals surface area (Å²) in [7, 11) is 0. The SMILES string of the molecule is CCOCCOc1ccc(F)cc1CNC(C)C. The number of hydrogen-bond acceptors (Lipinski definition) is 3. The number of hydrogen-bond donors (Lipinski definition) is 1. The molecule has 0 aliphatic heterocycles. The van der Waals surface area contributed by atoms with Crippen molar-refractivity contribution in [2.45, 2.75) is 33.4 Å². The average molecular weight is 255 g/mol. The van der Waals surface area contributed by atoms with E-state index in [-0.39, 0.29) is 5.82 Å². The Bertz CT molecular complexity index is 356. The molecule has 0 bridgehead atoms. The van der Waals surface area contributed by atoms with Crippen molar-refractivity contribution < 1.29 is 13.9 Å². The van der Waals surface area contributed by atoms with E-state index in [1.165, 1.54) is 12.1 Å². The zero-order valence-corrected chi connectivity index (χ0v) is 11.3. The van der Waals surface area contributed by atoms with Gasteiger partial charge in [0.2, 0.25) is 0 Å². The van der Waals surface area contributed by atoms with Gasteiger partial charge in [0.25, 0.3) is 0 Å². The minimum Gasteiger partial charge on any atom is -0.491 e. The Labute approximate surface area is 108 Å². The zero-order chi connectivity index (χ0) is 13.4. The third-order valence-corrected chi connectivity index (χ3v) is 2.41. The molecule has 0 unspecified atom stereocenters. The molecule has 0 fully saturated rings. The monoisotopic (exact) mass is 255 g/mol. The van der Waals surface area contributed by atoms with Gasteiger partial charge in [-0.3, -0.25) is 0 Å². The molecule has 0 heterocycles. The molecule has 0 aliphatic carbocycles. The van der Waals surface area contributed by atoms with E-state index in [1.807, 2.05) is 6.92 Å². The highest BCUT2D eigenvalue weighted by Crippen LogP contribution is 2.19. The third-order valence-electron chi connectivity index (χ3n) is 2.41. The fourth-order valence-electron chi connectivity index (χ4n) is 1.50. The van der Waals surface area contributed by atoms with Crippen LogP contribution < -0.4 is 10.1 Å². The molecule has 1 N–H and O–H groups in total. The Hall–Kier alpha value is -1.13. The van der Waals surface area contributed by atoms with Crippen LogP contribution in [0.1, 0.15) is 26.3 Å². The lowest BCUT2D eigenvalue weighted by Crippen LogP contribution is -2.22. The van der Waals surface area contributed by atoms with E-state index >= 15 is 0 Å². The van der Waals surface area contributed by atoms with Gasteiger partial charge in [-0.25, -0.2) is 4.39 Å². The van der Waals surface area contributed by atoms with E-state index in [0.717, 1.165) is 5.56 Å². The van der Waals surface area contributed by atoms with E-state index in [0.29, 0.717) is 38.2 Å². The van der Waals surface area contributed by atoms with Gasteiger partial charge in [0.05, 0.1) is 6.61 Å². The number of ether oxygens (including phenoxy) is 2. The number of rotatable bonds is 8. The first-order chi connectivity index (χ1) is 8.63. The molecule has 3 nitrogen and oxygen atoms in total. The van der Waals surface area contributed by atoms with Crippen molar-refractivity contribution in [3.05, 3.63) is 29.6 Å². The van der Waals surface area contributed by atoms with Gasteiger partial charge in [-0.05, 0) is 25.1 Å². The third kappa shape index (κ3) is 5.47. The van der Waals surface area contributed by atoms with Crippen LogP contribution in [-0.2, 0) is 11.3 Å². The van der Waals surface area contributed by atoms with Gasteiger partial charge in [0, 0.05) is 24.8 Å². The van der Waals surface area contributed by atoms with Gasteiger partial charge in [-0.1, -0.05) is 13.8 Å². The standard InChI is InChI=1S/C14H22FNO2/c1-4-17-7-8-18-14-6-5-13(15)9-12(14)10-16-11(2)3/h5-6,9,11,16H,4,7-8,10H2,1-3H3. The van der Waals surface area contributed by atoms with Crippen LogP contribution >= 0.6 is 0 Å². The first kappa shape index (κ1) is 14.9. The molecular formula is C14H22FNO2. The normalized spacial score (nSPS) is 10.9. The van der Waals surface area contributed by atoms with Crippen molar-refractivity contribution in [1.82, 2.24) is 5.32 Å². The minimum absolute atomic E-state index is 0.243. The molecule has 4 heteroatoms. The van der Waals surface area contributed by atoms with Crippen LogP contribution in [0.3, 0.4) is 0 Å². The molecule has 1 aromatic rings.